The van der Waals surface area contributed by atoms with Gasteiger partial charge in [0.15, 0.2) is 0 Å². The molecule has 15 heavy (non-hydrogen) atoms. The van der Waals surface area contributed by atoms with E-state index in [9.17, 15) is 0 Å². The third-order valence-electron chi connectivity index (χ3n) is 2.64. The van der Waals surface area contributed by atoms with Gasteiger partial charge in [-0.15, -0.1) is 0 Å². The second-order valence-electron chi connectivity index (χ2n) is 3.63. The Labute approximate surface area is 91.8 Å². The molecule has 0 atom stereocenters. The van der Waals surface area contributed by atoms with Gasteiger partial charge < -0.3 is 11.1 Å². The van der Waals surface area contributed by atoms with Crippen molar-refractivity contribution in [1.82, 2.24) is 15.1 Å². The summed E-state index contributed by atoms with van der Waals surface area (Å²) < 4.78 is 2.02. The molecule has 1 aromatic heterocycles. The summed E-state index contributed by atoms with van der Waals surface area (Å²) in [5.74, 6) is 0. The van der Waals surface area contributed by atoms with Crippen molar-refractivity contribution in [3.63, 3.8) is 0 Å². The van der Waals surface area contributed by atoms with E-state index < -0.39 is 0 Å². The molecule has 0 amide bonds. The summed E-state index contributed by atoms with van der Waals surface area (Å²) in [6.45, 7) is 8.12. The Hall–Kier alpha value is -1.03. The molecule has 0 radical (unpaired) electrons. The van der Waals surface area contributed by atoms with Crippen molar-refractivity contribution in [2.75, 3.05) is 18.8 Å². The molecule has 1 aromatic rings. The molecule has 4 nitrogen and oxygen atoms in total. The quantitative estimate of drug-likeness (QED) is 0.742. The molecule has 4 heteroatoms. The maximum atomic E-state index is 5.75. The van der Waals surface area contributed by atoms with E-state index in [1.54, 1.807) is 0 Å². The third kappa shape index (κ3) is 2.96. The monoisotopic (exact) mass is 210 g/mol. The minimum atomic E-state index is 0.539. The van der Waals surface area contributed by atoms with E-state index in [0.717, 1.165) is 37.3 Å². The summed E-state index contributed by atoms with van der Waals surface area (Å²) in [5, 5.41) is 7.73. The van der Waals surface area contributed by atoms with Crippen LogP contribution in [0.5, 0.6) is 0 Å². The van der Waals surface area contributed by atoms with E-state index in [0.29, 0.717) is 6.04 Å². The van der Waals surface area contributed by atoms with Gasteiger partial charge in [-0.3, -0.25) is 4.68 Å². The van der Waals surface area contributed by atoms with Gasteiger partial charge in [0.1, 0.15) is 0 Å². The topological polar surface area (TPSA) is 55.9 Å². The van der Waals surface area contributed by atoms with Crippen LogP contribution in [0.15, 0.2) is 6.20 Å². The van der Waals surface area contributed by atoms with E-state index in [1.807, 2.05) is 31.6 Å². The van der Waals surface area contributed by atoms with Crippen molar-refractivity contribution < 1.29 is 0 Å². The van der Waals surface area contributed by atoms with Gasteiger partial charge in [-0.2, -0.15) is 5.10 Å². The molecule has 1 saturated heterocycles. The lowest BCUT2D eigenvalue weighted by molar-refractivity contribution is 0.342. The van der Waals surface area contributed by atoms with Crippen LogP contribution in [0.1, 0.15) is 38.4 Å². The van der Waals surface area contributed by atoms with Crippen molar-refractivity contribution >= 4 is 5.69 Å². The van der Waals surface area contributed by atoms with Crippen LogP contribution in [-0.4, -0.2) is 22.9 Å². The lowest BCUT2D eigenvalue weighted by atomic mass is 10.1. The Morgan fingerprint density at radius 2 is 2.00 bits per heavy atom. The van der Waals surface area contributed by atoms with Crippen molar-refractivity contribution in [3.8, 4) is 0 Å². The van der Waals surface area contributed by atoms with Crippen molar-refractivity contribution in [2.45, 2.75) is 39.7 Å². The summed E-state index contributed by atoms with van der Waals surface area (Å²) >= 11 is 0. The van der Waals surface area contributed by atoms with Crippen molar-refractivity contribution in [3.05, 3.63) is 11.9 Å². The van der Waals surface area contributed by atoms with Crippen LogP contribution in [0, 0.1) is 6.92 Å². The smallest absolute Gasteiger partial charge is 0.0823 e. The van der Waals surface area contributed by atoms with Gasteiger partial charge in [0, 0.05) is 6.20 Å². The van der Waals surface area contributed by atoms with Crippen LogP contribution >= 0.6 is 0 Å². The number of rotatable bonds is 1. The number of hydrogen-bond donors (Lipinski definition) is 2. The SMILES string of the molecule is CC.Cc1nn(C2CCNCC2)cc1N. The second kappa shape index (κ2) is 5.75. The van der Waals surface area contributed by atoms with Gasteiger partial charge >= 0.3 is 0 Å². The number of aryl methyl sites for hydroxylation is 1. The number of nitrogens with one attached hydrogen (secondary N) is 1. The summed E-state index contributed by atoms with van der Waals surface area (Å²) in [6.07, 6.45) is 4.26. The minimum Gasteiger partial charge on any atom is -0.396 e. The molecule has 0 saturated carbocycles. The fraction of sp³-hybridized carbons (Fsp3) is 0.727. The van der Waals surface area contributed by atoms with Crippen LogP contribution in [0.3, 0.4) is 0 Å². The lowest BCUT2D eigenvalue weighted by Crippen LogP contribution is -2.29. The fourth-order valence-corrected chi connectivity index (χ4v) is 1.75. The Morgan fingerprint density at radius 3 is 2.47 bits per heavy atom. The van der Waals surface area contributed by atoms with Gasteiger partial charge in [-0.25, -0.2) is 0 Å². The first kappa shape index (κ1) is 12.0. The first-order valence-corrected chi connectivity index (χ1v) is 5.79. The lowest BCUT2D eigenvalue weighted by Gasteiger charge is -2.22. The molecular formula is C11H22N4. The molecule has 0 bridgehead atoms. The molecule has 1 fully saturated rings. The number of nitrogens with two attached hydrogens (primary N) is 1. The summed E-state index contributed by atoms with van der Waals surface area (Å²) in [6, 6.07) is 0.539. The molecule has 0 spiro atoms. The van der Waals surface area contributed by atoms with Crippen molar-refractivity contribution in [2.24, 2.45) is 0 Å². The molecule has 2 rings (SSSR count). The van der Waals surface area contributed by atoms with Crippen LogP contribution in [0.2, 0.25) is 0 Å². The van der Waals surface area contributed by atoms with E-state index in [-0.39, 0.29) is 0 Å². The number of aromatic nitrogens is 2. The Balaban J connectivity index is 0.000000531. The van der Waals surface area contributed by atoms with E-state index in [4.69, 9.17) is 5.73 Å². The maximum Gasteiger partial charge on any atom is 0.0823 e. The average Bonchev–Trinajstić information content (AvgIpc) is 2.63. The highest BCUT2D eigenvalue weighted by molar-refractivity contribution is 5.39. The van der Waals surface area contributed by atoms with Crippen LogP contribution < -0.4 is 11.1 Å². The highest BCUT2D eigenvalue weighted by Crippen LogP contribution is 2.20. The van der Waals surface area contributed by atoms with Crippen LogP contribution in [-0.2, 0) is 0 Å². The van der Waals surface area contributed by atoms with Gasteiger partial charge in [-0.05, 0) is 32.9 Å². The second-order valence-corrected chi connectivity index (χ2v) is 3.63. The number of hydrogen-bond acceptors (Lipinski definition) is 3. The highest BCUT2D eigenvalue weighted by Gasteiger charge is 2.16. The molecule has 0 aromatic carbocycles. The third-order valence-corrected chi connectivity index (χ3v) is 2.64. The zero-order valence-corrected chi connectivity index (χ0v) is 9.95. The van der Waals surface area contributed by atoms with Crippen molar-refractivity contribution in [1.29, 1.82) is 0 Å². The predicted molar refractivity (Wildman–Crippen MR) is 63.9 cm³/mol. The number of piperidine rings is 1. The number of nitrogens with zero attached hydrogens (tertiary/aromatic N) is 2. The molecule has 86 valence electrons. The summed E-state index contributed by atoms with van der Waals surface area (Å²) in [4.78, 5) is 0. The minimum absolute atomic E-state index is 0.539. The first-order chi connectivity index (χ1) is 7.27. The van der Waals surface area contributed by atoms with E-state index in [2.05, 4.69) is 10.4 Å². The standard InChI is InChI=1S/C9H16N4.C2H6/c1-7-9(10)6-13(12-7)8-2-4-11-5-3-8;1-2/h6,8,11H,2-5,10H2,1H3;1-2H3. The molecule has 1 aliphatic rings. The average molecular weight is 210 g/mol. The van der Waals surface area contributed by atoms with Crippen LogP contribution in [0.25, 0.3) is 0 Å². The normalized spacial score (nSPS) is 17.0. The molecule has 2 heterocycles. The Bertz CT molecular complexity index is 267. The predicted octanol–water partition coefficient (Wildman–Crippen LogP) is 1.72. The van der Waals surface area contributed by atoms with Gasteiger partial charge in [0.2, 0.25) is 0 Å². The maximum absolute atomic E-state index is 5.75. The molecular weight excluding hydrogens is 188 g/mol. The molecule has 3 N–H and O–H groups in total. The summed E-state index contributed by atoms with van der Waals surface area (Å²) in [7, 11) is 0. The van der Waals surface area contributed by atoms with E-state index >= 15 is 0 Å². The molecule has 0 aliphatic carbocycles. The molecule has 0 unspecified atom stereocenters. The Kier molecular flexibility index (Phi) is 4.62. The first-order valence-electron chi connectivity index (χ1n) is 5.79. The highest BCUT2D eigenvalue weighted by atomic mass is 15.3. The van der Waals surface area contributed by atoms with E-state index in [1.165, 1.54) is 0 Å². The largest absolute Gasteiger partial charge is 0.396 e. The molecule has 1 aliphatic heterocycles. The zero-order chi connectivity index (χ0) is 11.3. The Morgan fingerprint density at radius 1 is 1.40 bits per heavy atom. The van der Waals surface area contributed by atoms with Crippen LogP contribution in [0.4, 0.5) is 5.69 Å². The number of nitrogen functional groups attached to an aromatic ring is 1. The van der Waals surface area contributed by atoms with Gasteiger partial charge in [0.25, 0.3) is 0 Å². The van der Waals surface area contributed by atoms with Gasteiger partial charge in [0.05, 0.1) is 17.4 Å². The fourth-order valence-electron chi connectivity index (χ4n) is 1.75. The zero-order valence-electron chi connectivity index (χ0n) is 9.95. The number of anilines is 1. The van der Waals surface area contributed by atoms with Gasteiger partial charge in [-0.1, -0.05) is 13.8 Å². The summed E-state index contributed by atoms with van der Waals surface area (Å²) in [5.41, 5.74) is 7.50.